The van der Waals surface area contributed by atoms with Gasteiger partial charge in [0.15, 0.2) is 5.76 Å². The van der Waals surface area contributed by atoms with Gasteiger partial charge in [-0.2, -0.15) is 0 Å². The molecule has 33 heavy (non-hydrogen) atoms. The summed E-state index contributed by atoms with van der Waals surface area (Å²) in [5.74, 6) is 1.69. The number of hydrogen-bond donors (Lipinski definition) is 0. The smallest absolute Gasteiger partial charge is 0.151 e. The Morgan fingerprint density at radius 3 is 2.64 bits per heavy atom. The lowest BCUT2D eigenvalue weighted by Crippen LogP contribution is -2.47. The van der Waals surface area contributed by atoms with E-state index in [4.69, 9.17) is 20.9 Å². The Morgan fingerprint density at radius 1 is 1.06 bits per heavy atom. The fraction of sp³-hybridized carbons (Fsp3) is 0.423. The van der Waals surface area contributed by atoms with E-state index in [9.17, 15) is 0 Å². The molecule has 3 aromatic rings. The second-order valence-electron chi connectivity index (χ2n) is 8.41. The molecule has 6 nitrogen and oxygen atoms in total. The highest BCUT2D eigenvalue weighted by atomic mass is 35.5. The van der Waals surface area contributed by atoms with Gasteiger partial charge in [-0.1, -0.05) is 41.9 Å². The van der Waals surface area contributed by atoms with Gasteiger partial charge in [-0.3, -0.25) is 9.80 Å². The molecule has 2 heterocycles. The number of ether oxygens (including phenoxy) is 1. The number of nitrogens with zero attached hydrogens (tertiary/aromatic N) is 4. The highest BCUT2D eigenvalue weighted by Crippen LogP contribution is 2.29. The van der Waals surface area contributed by atoms with E-state index in [-0.39, 0.29) is 0 Å². The second-order valence-corrected chi connectivity index (χ2v) is 8.85. The zero-order chi connectivity index (χ0) is 23.0. The van der Waals surface area contributed by atoms with E-state index in [1.165, 1.54) is 5.69 Å². The van der Waals surface area contributed by atoms with Crippen LogP contribution in [0, 0.1) is 0 Å². The molecule has 176 valence electrons. The van der Waals surface area contributed by atoms with E-state index < -0.39 is 0 Å². The molecule has 0 saturated carbocycles. The number of hydrogen-bond acceptors (Lipinski definition) is 6. The Hall–Kier alpha value is -2.54. The Balaban J connectivity index is 1.22. The lowest BCUT2D eigenvalue weighted by atomic mass is 10.1. The summed E-state index contributed by atoms with van der Waals surface area (Å²) < 4.78 is 11.1. The molecule has 1 aliphatic heterocycles. The van der Waals surface area contributed by atoms with Gasteiger partial charge in [0, 0.05) is 48.5 Å². The molecular weight excluding hydrogens is 436 g/mol. The first-order valence-electron chi connectivity index (χ1n) is 11.7. The number of benzene rings is 2. The predicted octanol–water partition coefficient (Wildman–Crippen LogP) is 5.04. The SMILES string of the molecule is CCN(CCCN1CCN(c2cccc(Cl)c2)CC1)Cc1cc(-c2ccccc2OC)no1. The zero-order valence-electron chi connectivity index (χ0n) is 19.5. The molecule has 0 N–H and O–H groups in total. The van der Waals surface area contributed by atoms with Gasteiger partial charge in [0.2, 0.25) is 0 Å². The van der Waals surface area contributed by atoms with Crippen LogP contribution in [0.15, 0.2) is 59.1 Å². The van der Waals surface area contributed by atoms with Gasteiger partial charge in [0.25, 0.3) is 0 Å². The van der Waals surface area contributed by atoms with Gasteiger partial charge in [-0.05, 0) is 56.4 Å². The summed E-state index contributed by atoms with van der Waals surface area (Å²) in [6.07, 6.45) is 1.14. The number of piperazine rings is 1. The molecule has 0 amide bonds. The molecule has 1 aliphatic rings. The van der Waals surface area contributed by atoms with Crippen molar-refractivity contribution in [1.82, 2.24) is 15.0 Å². The molecule has 7 heteroatoms. The van der Waals surface area contributed by atoms with Crippen LogP contribution in [0.2, 0.25) is 5.02 Å². The molecule has 2 aromatic carbocycles. The maximum Gasteiger partial charge on any atom is 0.151 e. The molecule has 4 rings (SSSR count). The summed E-state index contributed by atoms with van der Waals surface area (Å²) >= 11 is 6.15. The normalized spacial score (nSPS) is 14.7. The minimum atomic E-state index is 0.765. The van der Waals surface area contributed by atoms with Crippen LogP contribution in [0.4, 0.5) is 5.69 Å². The number of anilines is 1. The van der Waals surface area contributed by atoms with Crippen molar-refractivity contribution in [2.75, 3.05) is 57.8 Å². The Morgan fingerprint density at radius 2 is 1.88 bits per heavy atom. The zero-order valence-corrected chi connectivity index (χ0v) is 20.3. The van der Waals surface area contributed by atoms with Gasteiger partial charge in [-0.15, -0.1) is 0 Å². The Bertz CT molecular complexity index is 1020. The lowest BCUT2D eigenvalue weighted by Gasteiger charge is -2.36. The van der Waals surface area contributed by atoms with E-state index in [0.717, 1.165) is 86.6 Å². The van der Waals surface area contributed by atoms with Crippen LogP contribution in [0.3, 0.4) is 0 Å². The number of aromatic nitrogens is 1. The van der Waals surface area contributed by atoms with Gasteiger partial charge >= 0.3 is 0 Å². The summed E-state index contributed by atoms with van der Waals surface area (Å²) in [5.41, 5.74) is 2.99. The minimum Gasteiger partial charge on any atom is -0.496 e. The fourth-order valence-electron chi connectivity index (χ4n) is 4.36. The van der Waals surface area contributed by atoms with E-state index >= 15 is 0 Å². The fourth-order valence-corrected chi connectivity index (χ4v) is 4.54. The number of para-hydroxylation sites is 1. The van der Waals surface area contributed by atoms with Crippen molar-refractivity contribution in [2.24, 2.45) is 0 Å². The molecule has 0 radical (unpaired) electrons. The van der Waals surface area contributed by atoms with Crippen LogP contribution in [0.1, 0.15) is 19.1 Å². The van der Waals surface area contributed by atoms with E-state index in [1.807, 2.05) is 42.5 Å². The van der Waals surface area contributed by atoms with E-state index in [0.29, 0.717) is 0 Å². The standard InChI is InChI=1S/C26H33ClN4O2/c1-3-29(20-23-19-25(28-33-23)24-10-4-5-11-26(24)32-2)12-7-13-30-14-16-31(17-15-30)22-9-6-8-21(27)18-22/h4-6,8-11,18-19H,3,7,12-17,20H2,1-2H3. The second kappa shape index (κ2) is 11.5. The number of halogens is 1. The van der Waals surface area contributed by atoms with Gasteiger partial charge in [-0.25, -0.2) is 0 Å². The van der Waals surface area contributed by atoms with E-state index in [1.54, 1.807) is 7.11 Å². The first-order chi connectivity index (χ1) is 16.2. The molecule has 0 unspecified atom stereocenters. The molecule has 1 aromatic heterocycles. The van der Waals surface area contributed by atoms with Crippen LogP contribution in [0.5, 0.6) is 5.75 Å². The summed E-state index contributed by atoms with van der Waals surface area (Å²) in [6, 6.07) is 18.1. The first kappa shape index (κ1) is 23.6. The van der Waals surface area contributed by atoms with Gasteiger partial charge in [0.1, 0.15) is 11.4 Å². The van der Waals surface area contributed by atoms with Crippen LogP contribution in [0.25, 0.3) is 11.3 Å². The maximum absolute atomic E-state index is 6.15. The predicted molar refractivity (Wildman–Crippen MR) is 134 cm³/mol. The Labute approximate surface area is 201 Å². The lowest BCUT2D eigenvalue weighted by molar-refractivity contribution is 0.206. The molecule has 0 bridgehead atoms. The van der Waals surface area contributed by atoms with Crippen molar-refractivity contribution in [3.63, 3.8) is 0 Å². The molecule has 1 saturated heterocycles. The van der Waals surface area contributed by atoms with Crippen molar-refractivity contribution in [3.05, 3.63) is 65.4 Å². The molecule has 0 aliphatic carbocycles. The number of methoxy groups -OCH3 is 1. The topological polar surface area (TPSA) is 45.0 Å². The first-order valence-corrected chi connectivity index (χ1v) is 12.1. The van der Waals surface area contributed by atoms with Crippen molar-refractivity contribution in [2.45, 2.75) is 19.9 Å². The molecule has 1 fully saturated rings. The third kappa shape index (κ3) is 6.28. The third-order valence-electron chi connectivity index (χ3n) is 6.26. The average Bonchev–Trinajstić information content (AvgIpc) is 3.32. The van der Waals surface area contributed by atoms with Crippen molar-refractivity contribution < 1.29 is 9.26 Å². The van der Waals surface area contributed by atoms with E-state index in [2.05, 4.69) is 38.9 Å². The Kier molecular flexibility index (Phi) is 8.26. The monoisotopic (exact) mass is 468 g/mol. The van der Waals surface area contributed by atoms with Crippen LogP contribution in [-0.2, 0) is 6.54 Å². The van der Waals surface area contributed by atoms with Crippen molar-refractivity contribution in [1.29, 1.82) is 0 Å². The minimum absolute atomic E-state index is 0.765. The third-order valence-corrected chi connectivity index (χ3v) is 6.50. The van der Waals surface area contributed by atoms with Gasteiger partial charge in [0.05, 0.1) is 13.7 Å². The number of rotatable bonds is 10. The summed E-state index contributed by atoms with van der Waals surface area (Å²) in [7, 11) is 1.68. The average molecular weight is 469 g/mol. The molecule has 0 atom stereocenters. The van der Waals surface area contributed by atoms with Crippen LogP contribution in [-0.4, -0.2) is 67.9 Å². The highest BCUT2D eigenvalue weighted by molar-refractivity contribution is 6.30. The molecular formula is C26H33ClN4O2. The summed E-state index contributed by atoms with van der Waals surface area (Å²) in [5, 5.41) is 5.07. The highest BCUT2D eigenvalue weighted by Gasteiger charge is 2.18. The van der Waals surface area contributed by atoms with Gasteiger partial charge < -0.3 is 14.2 Å². The van der Waals surface area contributed by atoms with Crippen molar-refractivity contribution >= 4 is 17.3 Å². The summed E-state index contributed by atoms with van der Waals surface area (Å²) in [6.45, 7) is 10.4. The quantitative estimate of drug-likeness (QED) is 0.415. The molecule has 0 spiro atoms. The van der Waals surface area contributed by atoms with Crippen LogP contribution < -0.4 is 9.64 Å². The van der Waals surface area contributed by atoms with Crippen LogP contribution >= 0.6 is 11.6 Å². The van der Waals surface area contributed by atoms with Crippen molar-refractivity contribution in [3.8, 4) is 17.0 Å². The largest absolute Gasteiger partial charge is 0.496 e. The summed E-state index contributed by atoms with van der Waals surface area (Å²) in [4.78, 5) is 7.39. The maximum atomic E-state index is 6.15.